The average Bonchev–Trinajstić information content (AvgIpc) is 3.17. The summed E-state index contributed by atoms with van der Waals surface area (Å²) in [4.78, 5) is 16.9. The number of carbonyl (C=O) groups excluding carboxylic acids is 1. The normalized spacial score (nSPS) is 31.2. The summed E-state index contributed by atoms with van der Waals surface area (Å²) in [5, 5.41) is 5.49. The van der Waals surface area contributed by atoms with E-state index in [1.165, 1.54) is 37.0 Å². The van der Waals surface area contributed by atoms with Gasteiger partial charge in [0.15, 0.2) is 0 Å². The topological polar surface area (TPSA) is 58.4 Å². The van der Waals surface area contributed by atoms with Crippen molar-refractivity contribution in [3.05, 3.63) is 22.4 Å². The Hall–Kier alpha value is -0.330. The second-order valence-electron chi connectivity index (χ2n) is 9.19. The van der Waals surface area contributed by atoms with Gasteiger partial charge < -0.3 is 11.1 Å². The van der Waals surface area contributed by atoms with Crippen molar-refractivity contribution in [1.29, 1.82) is 0 Å². The van der Waals surface area contributed by atoms with Crippen LogP contribution >= 0.6 is 36.2 Å². The van der Waals surface area contributed by atoms with Crippen molar-refractivity contribution in [2.75, 3.05) is 19.6 Å². The average molecular weight is 463 g/mol. The molecule has 0 spiro atoms. The molecule has 3 unspecified atom stereocenters. The highest BCUT2D eigenvalue weighted by Crippen LogP contribution is 2.42. The fourth-order valence-corrected chi connectivity index (χ4v) is 6.44. The number of nitrogens with one attached hydrogen (secondary N) is 1. The van der Waals surface area contributed by atoms with E-state index < -0.39 is 0 Å². The highest BCUT2D eigenvalue weighted by atomic mass is 35.5. The van der Waals surface area contributed by atoms with Crippen LogP contribution in [-0.2, 0) is 4.79 Å². The van der Waals surface area contributed by atoms with Crippen LogP contribution in [0.25, 0.3) is 0 Å². The van der Waals surface area contributed by atoms with Crippen molar-refractivity contribution in [2.24, 2.45) is 29.4 Å². The van der Waals surface area contributed by atoms with Gasteiger partial charge in [-0.15, -0.1) is 36.2 Å². The molecule has 3 atom stereocenters. The lowest BCUT2D eigenvalue weighted by Gasteiger charge is -2.43. The van der Waals surface area contributed by atoms with Crippen LogP contribution in [0.1, 0.15) is 62.8 Å². The first-order chi connectivity index (χ1) is 13.1. The summed E-state index contributed by atoms with van der Waals surface area (Å²) in [6.45, 7) is 5.37. The molecular weight excluding hydrogens is 425 g/mol. The van der Waals surface area contributed by atoms with Crippen molar-refractivity contribution in [3.63, 3.8) is 0 Å². The third-order valence-electron chi connectivity index (χ3n) is 7.38. The number of hydrogen-bond acceptors (Lipinski definition) is 4. The second-order valence-corrected chi connectivity index (χ2v) is 10.2. The zero-order chi connectivity index (χ0) is 18.8. The Morgan fingerprint density at radius 3 is 2.45 bits per heavy atom. The number of piperidine rings is 1. The predicted octanol–water partition coefficient (Wildman–Crippen LogP) is 4.63. The number of rotatable bonds is 5. The highest BCUT2D eigenvalue weighted by Gasteiger charge is 2.40. The Morgan fingerprint density at radius 2 is 1.86 bits per heavy atom. The third-order valence-corrected chi connectivity index (χ3v) is 8.36. The van der Waals surface area contributed by atoms with Crippen molar-refractivity contribution < 1.29 is 4.79 Å². The first-order valence-electron chi connectivity index (χ1n) is 10.9. The van der Waals surface area contributed by atoms with E-state index in [1.54, 1.807) is 0 Å². The first-order valence-corrected chi connectivity index (χ1v) is 11.8. The number of thiophene rings is 1. The lowest BCUT2D eigenvalue weighted by molar-refractivity contribution is -0.128. The molecule has 166 valence electrons. The number of hydrogen-bond donors (Lipinski definition) is 2. The number of nitrogens with two attached hydrogens (primary N) is 1. The summed E-state index contributed by atoms with van der Waals surface area (Å²) in [5.74, 6) is 2.39. The van der Waals surface area contributed by atoms with Gasteiger partial charge in [-0.3, -0.25) is 9.69 Å². The van der Waals surface area contributed by atoms with E-state index in [0.29, 0.717) is 23.9 Å². The molecule has 29 heavy (non-hydrogen) atoms. The van der Waals surface area contributed by atoms with Crippen molar-refractivity contribution in [3.8, 4) is 0 Å². The number of amides is 1. The van der Waals surface area contributed by atoms with Gasteiger partial charge in [0.1, 0.15) is 0 Å². The van der Waals surface area contributed by atoms with Crippen LogP contribution in [-0.4, -0.2) is 36.5 Å². The minimum Gasteiger partial charge on any atom is -0.354 e. The molecule has 7 heteroatoms. The second kappa shape index (κ2) is 11.3. The van der Waals surface area contributed by atoms with E-state index in [4.69, 9.17) is 5.73 Å². The fraction of sp³-hybridized carbons (Fsp3) is 0.773. The maximum atomic E-state index is 13.0. The van der Waals surface area contributed by atoms with Crippen LogP contribution in [0.3, 0.4) is 0 Å². The zero-order valence-electron chi connectivity index (χ0n) is 17.4. The van der Waals surface area contributed by atoms with Gasteiger partial charge in [0, 0.05) is 23.4 Å². The number of carbonyl (C=O) groups is 1. The van der Waals surface area contributed by atoms with Crippen LogP contribution in [0.2, 0.25) is 0 Å². The fourth-order valence-electron chi connectivity index (χ4n) is 5.58. The maximum Gasteiger partial charge on any atom is 0.223 e. The Kier molecular flexibility index (Phi) is 9.75. The number of halogens is 2. The maximum absolute atomic E-state index is 13.0. The summed E-state index contributed by atoms with van der Waals surface area (Å²) >= 11 is 1.82. The first kappa shape index (κ1) is 24.9. The van der Waals surface area contributed by atoms with Gasteiger partial charge >= 0.3 is 0 Å². The van der Waals surface area contributed by atoms with Crippen LogP contribution in [0, 0.1) is 23.7 Å². The Bertz CT molecular complexity index is 608. The summed E-state index contributed by atoms with van der Waals surface area (Å²) in [5.41, 5.74) is 6.40. The number of nitrogens with zero attached hydrogens (tertiary/aromatic N) is 1. The molecule has 4 nitrogen and oxygen atoms in total. The van der Waals surface area contributed by atoms with E-state index in [-0.39, 0.29) is 36.6 Å². The number of fused-ring (bicyclic) bond motifs is 2. The summed E-state index contributed by atoms with van der Waals surface area (Å²) in [6.07, 6.45) is 8.24. The molecule has 2 aliphatic carbocycles. The summed E-state index contributed by atoms with van der Waals surface area (Å²) in [6, 6.07) is 5.01. The molecule has 3 N–H and O–H groups in total. The minimum absolute atomic E-state index is 0. The molecule has 4 rings (SSSR count). The molecule has 2 heterocycles. The molecule has 1 amide bonds. The smallest absolute Gasteiger partial charge is 0.223 e. The van der Waals surface area contributed by atoms with Crippen molar-refractivity contribution in [2.45, 2.75) is 64.0 Å². The molecule has 0 radical (unpaired) electrons. The summed E-state index contributed by atoms with van der Waals surface area (Å²) < 4.78 is 0. The molecular formula is C22H37Cl2N3OS. The molecule has 1 aromatic heterocycles. The SMILES string of the molecule is CC1CCN(C(CNC(=O)C2CC3CCCC(C2)C3N)c2cccs2)CC1.Cl.Cl. The van der Waals surface area contributed by atoms with Crippen LogP contribution in [0.5, 0.6) is 0 Å². The zero-order valence-corrected chi connectivity index (χ0v) is 19.9. The van der Waals surface area contributed by atoms with Crippen LogP contribution in [0.15, 0.2) is 17.5 Å². The lowest BCUT2D eigenvalue weighted by atomic mass is 9.65. The Labute approximate surface area is 192 Å². The monoisotopic (exact) mass is 461 g/mol. The number of likely N-dealkylation sites (tertiary alicyclic amines) is 1. The molecule has 1 aliphatic heterocycles. The largest absolute Gasteiger partial charge is 0.354 e. The van der Waals surface area contributed by atoms with Crippen LogP contribution in [0.4, 0.5) is 0 Å². The van der Waals surface area contributed by atoms with E-state index in [9.17, 15) is 4.79 Å². The van der Waals surface area contributed by atoms with E-state index >= 15 is 0 Å². The van der Waals surface area contributed by atoms with Crippen molar-refractivity contribution in [1.82, 2.24) is 10.2 Å². The molecule has 1 saturated heterocycles. The molecule has 2 saturated carbocycles. The van der Waals surface area contributed by atoms with Gasteiger partial charge in [0.25, 0.3) is 0 Å². The minimum atomic E-state index is 0. The third kappa shape index (κ3) is 5.88. The highest BCUT2D eigenvalue weighted by molar-refractivity contribution is 7.10. The van der Waals surface area contributed by atoms with Gasteiger partial charge in [0.05, 0.1) is 6.04 Å². The molecule has 3 fully saturated rings. The van der Waals surface area contributed by atoms with Gasteiger partial charge in [-0.05, 0) is 80.8 Å². The van der Waals surface area contributed by atoms with Crippen LogP contribution < -0.4 is 11.1 Å². The molecule has 0 aromatic carbocycles. The van der Waals surface area contributed by atoms with Gasteiger partial charge in [-0.2, -0.15) is 0 Å². The van der Waals surface area contributed by atoms with Gasteiger partial charge in [-0.25, -0.2) is 0 Å². The lowest BCUT2D eigenvalue weighted by Crippen LogP contribution is -2.50. The molecule has 1 aromatic rings. The van der Waals surface area contributed by atoms with E-state index in [1.807, 2.05) is 11.3 Å². The van der Waals surface area contributed by atoms with E-state index in [2.05, 4.69) is 34.7 Å². The van der Waals surface area contributed by atoms with Crippen molar-refractivity contribution >= 4 is 42.1 Å². The molecule has 2 bridgehead atoms. The Balaban J connectivity index is 0.00000150. The predicted molar refractivity (Wildman–Crippen MR) is 126 cm³/mol. The van der Waals surface area contributed by atoms with E-state index in [0.717, 1.165) is 38.4 Å². The quantitative estimate of drug-likeness (QED) is 0.671. The van der Waals surface area contributed by atoms with Gasteiger partial charge in [-0.1, -0.05) is 19.4 Å². The molecule has 3 aliphatic rings. The Morgan fingerprint density at radius 1 is 1.21 bits per heavy atom. The van der Waals surface area contributed by atoms with Gasteiger partial charge in [0.2, 0.25) is 5.91 Å². The summed E-state index contributed by atoms with van der Waals surface area (Å²) in [7, 11) is 0. The standard InChI is InChI=1S/C22H35N3OS.2ClH/c1-15-7-9-25(10-8-15)19(20-6-3-11-27-20)14-24-22(26)18-12-16-4-2-5-17(13-18)21(16)23;;/h3,6,11,15-19,21H,2,4-5,7-10,12-14,23H2,1H3,(H,24,26);2*1H.